The highest BCUT2D eigenvalue weighted by atomic mass is 16.5. The van der Waals surface area contributed by atoms with E-state index in [2.05, 4.69) is 9.64 Å². The molecule has 3 aliphatic heterocycles. The second-order valence-electron chi connectivity index (χ2n) is 6.89. The lowest BCUT2D eigenvalue weighted by Gasteiger charge is -2.59. The minimum atomic E-state index is -0.811. The van der Waals surface area contributed by atoms with Crippen LogP contribution in [-0.4, -0.2) is 94.6 Å². The Morgan fingerprint density at radius 1 is 1.39 bits per heavy atom. The Hall–Kier alpha value is -1.51. The number of hydrogen-bond acceptors (Lipinski definition) is 7. The number of carbonyl (C=O) groups excluding carboxylic acids is 3. The summed E-state index contributed by atoms with van der Waals surface area (Å²) in [7, 11) is 1.23. The van der Waals surface area contributed by atoms with Crippen LogP contribution in [-0.2, 0) is 19.1 Å². The van der Waals surface area contributed by atoms with Crippen molar-refractivity contribution in [2.75, 3.05) is 33.3 Å². The van der Waals surface area contributed by atoms with Crippen molar-refractivity contribution < 1.29 is 24.2 Å². The van der Waals surface area contributed by atoms with Crippen LogP contribution in [0, 0.1) is 0 Å². The molecule has 0 aromatic carbocycles. The summed E-state index contributed by atoms with van der Waals surface area (Å²) < 4.78 is 4.60. The maximum absolute atomic E-state index is 13.0. The molecule has 0 saturated carbocycles. The topological polar surface area (TPSA) is 90.4 Å². The fourth-order valence-electron chi connectivity index (χ4n) is 3.83. The first-order chi connectivity index (χ1) is 10.8. The number of rotatable bonds is 3. The highest BCUT2D eigenvalue weighted by Gasteiger charge is 2.64. The van der Waals surface area contributed by atoms with Gasteiger partial charge in [0.25, 0.3) is 5.91 Å². The van der Waals surface area contributed by atoms with Crippen molar-refractivity contribution in [3.63, 3.8) is 0 Å². The standard InChI is InChI=1S/C15H23N3O5/c1-9(2)16-7-15(8-16)14(22)17(6-12(20)23-3)13(21)11-4-10(19)5-18(11)15/h9-11,19H,4-8H2,1-3H3. The number of carbonyl (C=O) groups is 3. The third-order valence-corrected chi connectivity index (χ3v) is 5.20. The van der Waals surface area contributed by atoms with E-state index in [9.17, 15) is 19.5 Å². The van der Waals surface area contributed by atoms with Crippen LogP contribution >= 0.6 is 0 Å². The Labute approximate surface area is 135 Å². The van der Waals surface area contributed by atoms with Gasteiger partial charge in [-0.1, -0.05) is 0 Å². The van der Waals surface area contributed by atoms with Crippen molar-refractivity contribution in [1.82, 2.24) is 14.7 Å². The van der Waals surface area contributed by atoms with E-state index in [4.69, 9.17) is 0 Å². The van der Waals surface area contributed by atoms with Gasteiger partial charge in [0.2, 0.25) is 5.91 Å². The van der Waals surface area contributed by atoms with Crippen molar-refractivity contribution >= 4 is 17.8 Å². The molecule has 3 rings (SSSR count). The van der Waals surface area contributed by atoms with Gasteiger partial charge in [0, 0.05) is 25.7 Å². The van der Waals surface area contributed by atoms with Crippen molar-refractivity contribution in [2.45, 2.75) is 44.0 Å². The van der Waals surface area contributed by atoms with Crippen molar-refractivity contribution in [3.8, 4) is 0 Å². The number of nitrogens with zero attached hydrogens (tertiary/aromatic N) is 3. The average molecular weight is 325 g/mol. The smallest absolute Gasteiger partial charge is 0.325 e. The molecule has 23 heavy (non-hydrogen) atoms. The number of likely N-dealkylation sites (tertiary alicyclic amines) is 1. The first-order valence-electron chi connectivity index (χ1n) is 7.91. The molecule has 0 aromatic rings. The van der Waals surface area contributed by atoms with Gasteiger partial charge in [-0.25, -0.2) is 0 Å². The number of piperazine rings is 1. The molecule has 3 saturated heterocycles. The summed E-state index contributed by atoms with van der Waals surface area (Å²) in [6.45, 7) is 5.08. The summed E-state index contributed by atoms with van der Waals surface area (Å²) >= 11 is 0. The van der Waals surface area contributed by atoms with Gasteiger partial charge in [0.05, 0.1) is 19.3 Å². The Morgan fingerprint density at radius 3 is 2.61 bits per heavy atom. The van der Waals surface area contributed by atoms with Gasteiger partial charge in [0.1, 0.15) is 12.1 Å². The van der Waals surface area contributed by atoms with E-state index >= 15 is 0 Å². The lowest BCUT2D eigenvalue weighted by Crippen LogP contribution is -2.82. The fourth-order valence-corrected chi connectivity index (χ4v) is 3.83. The molecule has 1 spiro atoms. The van der Waals surface area contributed by atoms with Crippen molar-refractivity contribution in [3.05, 3.63) is 0 Å². The Bertz CT molecular complexity index is 543. The zero-order valence-corrected chi connectivity index (χ0v) is 13.7. The summed E-state index contributed by atoms with van der Waals surface area (Å²) in [5.74, 6) is -1.38. The molecule has 2 unspecified atom stereocenters. The molecular formula is C15H23N3O5. The molecule has 128 valence electrons. The number of fused-ring (bicyclic) bond motifs is 2. The Balaban J connectivity index is 1.90. The summed E-state index contributed by atoms with van der Waals surface area (Å²) in [4.78, 5) is 42.1. The van der Waals surface area contributed by atoms with Crippen LogP contribution in [0.5, 0.6) is 0 Å². The van der Waals surface area contributed by atoms with E-state index in [1.54, 1.807) is 0 Å². The van der Waals surface area contributed by atoms with E-state index in [1.807, 2.05) is 18.7 Å². The van der Waals surface area contributed by atoms with Crippen LogP contribution < -0.4 is 0 Å². The predicted molar refractivity (Wildman–Crippen MR) is 79.3 cm³/mol. The normalized spacial score (nSPS) is 30.7. The Morgan fingerprint density at radius 2 is 2.04 bits per heavy atom. The van der Waals surface area contributed by atoms with Crippen LogP contribution in [0.25, 0.3) is 0 Å². The van der Waals surface area contributed by atoms with Gasteiger partial charge in [-0.15, -0.1) is 0 Å². The van der Waals surface area contributed by atoms with E-state index in [0.29, 0.717) is 32.1 Å². The number of ether oxygens (including phenoxy) is 1. The summed E-state index contributed by atoms with van der Waals surface area (Å²) in [5, 5.41) is 9.98. The molecule has 0 bridgehead atoms. The van der Waals surface area contributed by atoms with Gasteiger partial charge >= 0.3 is 5.97 Å². The number of β-amino-alcohol motifs (C(OH)–C–C–N with tert-alkyl or cyclic N) is 1. The third-order valence-electron chi connectivity index (χ3n) is 5.20. The van der Waals surface area contributed by atoms with E-state index in [0.717, 1.165) is 4.90 Å². The molecule has 0 radical (unpaired) electrons. The van der Waals surface area contributed by atoms with Crippen LogP contribution in [0.1, 0.15) is 20.3 Å². The molecular weight excluding hydrogens is 302 g/mol. The highest BCUT2D eigenvalue weighted by Crippen LogP contribution is 2.40. The molecule has 2 amide bonds. The van der Waals surface area contributed by atoms with E-state index in [1.165, 1.54) is 7.11 Å². The van der Waals surface area contributed by atoms with Gasteiger partial charge in [0.15, 0.2) is 0 Å². The maximum Gasteiger partial charge on any atom is 0.325 e. The largest absolute Gasteiger partial charge is 0.468 e. The molecule has 3 heterocycles. The highest BCUT2D eigenvalue weighted by molar-refractivity contribution is 6.07. The minimum absolute atomic E-state index is 0.297. The van der Waals surface area contributed by atoms with Crippen molar-refractivity contribution in [1.29, 1.82) is 0 Å². The molecule has 3 fully saturated rings. The zero-order valence-electron chi connectivity index (χ0n) is 13.7. The fraction of sp³-hybridized carbons (Fsp3) is 0.800. The van der Waals surface area contributed by atoms with Crippen LogP contribution in [0.15, 0.2) is 0 Å². The summed E-state index contributed by atoms with van der Waals surface area (Å²) in [6.07, 6.45) is -0.326. The van der Waals surface area contributed by atoms with E-state index in [-0.39, 0.29) is 12.5 Å². The number of imide groups is 1. The SMILES string of the molecule is COC(=O)CN1C(=O)C2CC(O)CN2C2(CN(C(C)C)C2)C1=O. The van der Waals surface area contributed by atoms with Crippen LogP contribution in [0.4, 0.5) is 0 Å². The predicted octanol–water partition coefficient (Wildman–Crippen LogP) is -1.57. The molecule has 8 nitrogen and oxygen atoms in total. The number of esters is 1. The number of methoxy groups -OCH3 is 1. The second-order valence-corrected chi connectivity index (χ2v) is 6.89. The first-order valence-corrected chi connectivity index (χ1v) is 7.91. The average Bonchev–Trinajstić information content (AvgIpc) is 2.83. The quantitative estimate of drug-likeness (QED) is 0.495. The van der Waals surface area contributed by atoms with Gasteiger partial charge in [-0.2, -0.15) is 0 Å². The number of aliphatic hydroxyl groups is 1. The molecule has 8 heteroatoms. The molecule has 0 aromatic heterocycles. The van der Waals surface area contributed by atoms with E-state index < -0.39 is 29.6 Å². The Kier molecular flexibility index (Phi) is 3.94. The number of amides is 2. The third kappa shape index (κ3) is 2.36. The molecule has 1 N–H and O–H groups in total. The second kappa shape index (κ2) is 5.54. The van der Waals surface area contributed by atoms with Crippen LogP contribution in [0.3, 0.4) is 0 Å². The first kappa shape index (κ1) is 16.4. The van der Waals surface area contributed by atoms with Gasteiger partial charge < -0.3 is 9.84 Å². The maximum atomic E-state index is 13.0. The minimum Gasteiger partial charge on any atom is -0.468 e. The monoisotopic (exact) mass is 325 g/mol. The lowest BCUT2D eigenvalue weighted by molar-refractivity contribution is -0.184. The molecule has 0 aliphatic carbocycles. The van der Waals surface area contributed by atoms with Crippen molar-refractivity contribution in [2.24, 2.45) is 0 Å². The van der Waals surface area contributed by atoms with Gasteiger partial charge in [-0.3, -0.25) is 29.1 Å². The van der Waals surface area contributed by atoms with Crippen LogP contribution in [0.2, 0.25) is 0 Å². The summed E-state index contributed by atoms with van der Waals surface area (Å²) in [5.41, 5.74) is -0.811. The van der Waals surface area contributed by atoms with Gasteiger partial charge in [-0.05, 0) is 20.3 Å². The number of hydrogen-bond donors (Lipinski definition) is 1. The molecule has 2 atom stereocenters. The lowest BCUT2D eigenvalue weighted by atomic mass is 9.81. The zero-order chi connectivity index (χ0) is 16.9. The molecule has 3 aliphatic rings. The number of aliphatic hydroxyl groups excluding tert-OH is 1. The summed E-state index contributed by atoms with van der Waals surface area (Å²) in [6, 6.07) is -0.243.